The number of pyridine rings is 1. The van der Waals surface area contributed by atoms with Gasteiger partial charge >= 0.3 is 6.18 Å². The quantitative estimate of drug-likeness (QED) is 0.231. The molecule has 1 saturated heterocycles. The van der Waals surface area contributed by atoms with Gasteiger partial charge in [0.1, 0.15) is 17.8 Å². The molecule has 2 N–H and O–H groups in total. The van der Waals surface area contributed by atoms with Crippen LogP contribution in [0.25, 0.3) is 0 Å². The third kappa shape index (κ3) is 6.40. The zero-order valence-electron chi connectivity index (χ0n) is 22.1. The maximum atomic E-state index is 14.5. The summed E-state index contributed by atoms with van der Waals surface area (Å²) in [4.78, 5) is 31.5. The first kappa shape index (κ1) is 30.6. The number of alkyl halides is 5. The number of hydrogen-bond donors (Lipinski definition) is 2. The third-order valence-electron chi connectivity index (χ3n) is 7.19. The number of aromatic nitrogens is 1. The molecule has 1 aliphatic heterocycles. The van der Waals surface area contributed by atoms with Crippen molar-refractivity contribution in [2.45, 2.75) is 56.0 Å². The fraction of sp³-hybridized carbons (Fsp3) is 0.321. The van der Waals surface area contributed by atoms with Crippen LogP contribution in [0.3, 0.4) is 0 Å². The summed E-state index contributed by atoms with van der Waals surface area (Å²) in [6.07, 6.45) is -6.92. The highest BCUT2D eigenvalue weighted by molar-refractivity contribution is 6.31. The number of carbonyl (C=O) groups is 2. The standard InChI is InChI=1S/C28H24ClF6N5O3/c29-21-7-2-1-6-20(21)25(26(42)37-18-13-27(31,32)14-18)39(19-5-3-4-17(30)12-19)40(43)23-10-11-24(41)38(23)22-9-8-16(15-36-22)28(33,34)35/h1-9,12,15,18,23,25,43H,10-11,13-14H2,(H,37,42)/t23-,25+/m1/s1. The average molecular weight is 628 g/mol. The van der Waals surface area contributed by atoms with Crippen LogP contribution in [0.15, 0.2) is 66.9 Å². The van der Waals surface area contributed by atoms with Gasteiger partial charge in [-0.2, -0.15) is 13.2 Å². The summed E-state index contributed by atoms with van der Waals surface area (Å²) in [7, 11) is 0. The lowest BCUT2D eigenvalue weighted by Crippen LogP contribution is -2.59. The van der Waals surface area contributed by atoms with Crippen LogP contribution in [0.4, 0.5) is 37.8 Å². The van der Waals surface area contributed by atoms with Crippen molar-refractivity contribution in [3.8, 4) is 0 Å². The second-order valence-electron chi connectivity index (χ2n) is 10.2. The summed E-state index contributed by atoms with van der Waals surface area (Å²) in [5, 5.41) is 15.8. The summed E-state index contributed by atoms with van der Waals surface area (Å²) in [5.74, 6) is -5.38. The molecule has 5 rings (SSSR count). The molecule has 0 radical (unpaired) electrons. The Balaban J connectivity index is 1.57. The van der Waals surface area contributed by atoms with Gasteiger partial charge in [0.2, 0.25) is 11.8 Å². The highest BCUT2D eigenvalue weighted by atomic mass is 35.5. The molecule has 8 nitrogen and oxygen atoms in total. The first-order valence-electron chi connectivity index (χ1n) is 13.1. The minimum absolute atomic E-state index is 0.0557. The van der Waals surface area contributed by atoms with E-state index in [0.29, 0.717) is 11.4 Å². The molecular weight excluding hydrogens is 604 g/mol. The Hall–Kier alpha value is -3.88. The van der Waals surface area contributed by atoms with Crippen LogP contribution in [0.5, 0.6) is 0 Å². The molecule has 228 valence electrons. The van der Waals surface area contributed by atoms with E-state index in [0.717, 1.165) is 34.2 Å². The second kappa shape index (κ2) is 11.7. The van der Waals surface area contributed by atoms with Crippen molar-refractivity contribution < 1.29 is 41.1 Å². The van der Waals surface area contributed by atoms with Gasteiger partial charge in [-0.25, -0.2) is 18.2 Å². The van der Waals surface area contributed by atoms with Gasteiger partial charge in [0.05, 0.1) is 11.3 Å². The molecular formula is C28H24ClF6N5O3. The van der Waals surface area contributed by atoms with Crippen LogP contribution < -0.4 is 15.2 Å². The van der Waals surface area contributed by atoms with E-state index >= 15 is 0 Å². The van der Waals surface area contributed by atoms with Crippen molar-refractivity contribution in [1.82, 2.24) is 15.5 Å². The molecule has 1 aliphatic carbocycles. The number of carbonyl (C=O) groups excluding carboxylic acids is 2. The van der Waals surface area contributed by atoms with Crippen molar-refractivity contribution in [3.05, 3.63) is 88.8 Å². The van der Waals surface area contributed by atoms with Crippen LogP contribution in [-0.2, 0) is 15.8 Å². The highest BCUT2D eigenvalue weighted by Crippen LogP contribution is 2.40. The maximum absolute atomic E-state index is 14.5. The molecule has 2 heterocycles. The molecule has 0 spiro atoms. The van der Waals surface area contributed by atoms with E-state index in [2.05, 4.69) is 10.3 Å². The van der Waals surface area contributed by atoms with E-state index in [1.807, 2.05) is 0 Å². The first-order chi connectivity index (χ1) is 20.2. The number of hydroxylamine groups is 1. The molecule has 2 atom stereocenters. The number of benzene rings is 2. The molecule has 1 aromatic heterocycles. The fourth-order valence-corrected chi connectivity index (χ4v) is 5.38. The molecule has 3 aromatic rings. The average Bonchev–Trinajstić information content (AvgIpc) is 3.31. The molecule has 1 saturated carbocycles. The molecule has 43 heavy (non-hydrogen) atoms. The Kier molecular flexibility index (Phi) is 8.29. The van der Waals surface area contributed by atoms with E-state index in [4.69, 9.17) is 11.6 Å². The van der Waals surface area contributed by atoms with Gasteiger partial charge in [-0.05, 0) is 42.8 Å². The predicted molar refractivity (Wildman–Crippen MR) is 143 cm³/mol. The van der Waals surface area contributed by atoms with Gasteiger partial charge in [0.15, 0.2) is 6.04 Å². The van der Waals surface area contributed by atoms with Crippen molar-refractivity contribution in [2.75, 3.05) is 9.91 Å². The van der Waals surface area contributed by atoms with E-state index in [-0.39, 0.29) is 34.9 Å². The number of hydrogen-bond acceptors (Lipinski definition) is 6. The van der Waals surface area contributed by atoms with Gasteiger partial charge in [0, 0.05) is 42.1 Å². The monoisotopic (exact) mass is 627 g/mol. The van der Waals surface area contributed by atoms with Crippen molar-refractivity contribution >= 4 is 34.9 Å². The van der Waals surface area contributed by atoms with Gasteiger partial charge in [0.25, 0.3) is 5.92 Å². The molecule has 2 fully saturated rings. The van der Waals surface area contributed by atoms with Gasteiger partial charge in [-0.15, -0.1) is 0 Å². The molecule has 15 heteroatoms. The van der Waals surface area contributed by atoms with E-state index in [1.165, 1.54) is 24.3 Å². The number of nitrogens with zero attached hydrogens (tertiary/aromatic N) is 4. The van der Waals surface area contributed by atoms with Crippen molar-refractivity contribution in [3.63, 3.8) is 0 Å². The van der Waals surface area contributed by atoms with Crippen LogP contribution in [0, 0.1) is 5.82 Å². The number of rotatable bonds is 8. The van der Waals surface area contributed by atoms with E-state index in [9.17, 15) is 41.1 Å². The van der Waals surface area contributed by atoms with Crippen LogP contribution >= 0.6 is 11.6 Å². The fourth-order valence-electron chi connectivity index (χ4n) is 5.14. The van der Waals surface area contributed by atoms with Crippen molar-refractivity contribution in [2.24, 2.45) is 0 Å². The lowest BCUT2D eigenvalue weighted by molar-refractivity contribution is -0.153. The zero-order chi connectivity index (χ0) is 31.1. The van der Waals surface area contributed by atoms with Crippen LogP contribution in [-0.4, -0.2) is 45.3 Å². The molecule has 2 amide bonds. The Morgan fingerprint density at radius 2 is 1.84 bits per heavy atom. The second-order valence-corrected chi connectivity index (χ2v) is 10.6. The van der Waals surface area contributed by atoms with Crippen LogP contribution in [0.2, 0.25) is 5.02 Å². The summed E-state index contributed by atoms with van der Waals surface area (Å²) >= 11 is 6.45. The Morgan fingerprint density at radius 1 is 1.12 bits per heavy atom. The number of anilines is 2. The Labute approximate surface area is 246 Å². The number of nitrogens with one attached hydrogen (secondary N) is 1. The molecule has 2 aliphatic rings. The lowest BCUT2D eigenvalue weighted by atomic mass is 9.88. The minimum Gasteiger partial charge on any atom is -0.351 e. The van der Waals surface area contributed by atoms with Crippen molar-refractivity contribution in [1.29, 1.82) is 0 Å². The molecule has 2 aromatic carbocycles. The summed E-state index contributed by atoms with van der Waals surface area (Å²) in [6, 6.07) is 10.0. The normalized spacial score (nSPS) is 19.3. The van der Waals surface area contributed by atoms with Gasteiger partial charge < -0.3 is 5.32 Å². The first-order valence-corrected chi connectivity index (χ1v) is 13.4. The highest BCUT2D eigenvalue weighted by Gasteiger charge is 2.48. The SMILES string of the molecule is O=C(NC1CC(F)(F)C1)[C@H](c1ccccc1Cl)N(c1cccc(F)c1)N(O)[C@@H]1CCC(=O)N1c1ccc(C(F)(F)F)cn1. The third-order valence-corrected chi connectivity index (χ3v) is 7.54. The Morgan fingerprint density at radius 3 is 2.44 bits per heavy atom. The van der Waals surface area contributed by atoms with E-state index < -0.39 is 66.4 Å². The summed E-state index contributed by atoms with van der Waals surface area (Å²) < 4.78 is 81.1. The predicted octanol–water partition coefficient (Wildman–Crippen LogP) is 6.11. The minimum atomic E-state index is -4.68. The van der Waals surface area contributed by atoms with Crippen LogP contribution in [0.1, 0.15) is 42.9 Å². The number of amides is 2. The largest absolute Gasteiger partial charge is 0.417 e. The maximum Gasteiger partial charge on any atom is 0.417 e. The topological polar surface area (TPSA) is 89.0 Å². The zero-order valence-corrected chi connectivity index (χ0v) is 22.9. The molecule has 0 unspecified atom stereocenters. The Bertz CT molecular complexity index is 1500. The van der Waals surface area contributed by atoms with Gasteiger partial charge in [-0.1, -0.05) is 41.0 Å². The smallest absolute Gasteiger partial charge is 0.351 e. The number of hydrazine groups is 1. The number of halogens is 7. The summed E-state index contributed by atoms with van der Waals surface area (Å²) in [5.41, 5.74) is -1.03. The lowest BCUT2D eigenvalue weighted by Gasteiger charge is -2.43. The summed E-state index contributed by atoms with van der Waals surface area (Å²) in [6.45, 7) is 0. The van der Waals surface area contributed by atoms with Gasteiger partial charge in [-0.3, -0.25) is 24.7 Å². The van der Waals surface area contributed by atoms with E-state index in [1.54, 1.807) is 12.1 Å². The molecule has 0 bridgehead atoms.